The minimum atomic E-state index is 0.794. The molecule has 0 saturated carbocycles. The Hall–Kier alpha value is -1.71. The molecule has 0 saturated heterocycles. The molecule has 1 heterocycles. The molecule has 0 aromatic heterocycles. The van der Waals surface area contributed by atoms with Crippen molar-refractivity contribution in [3.8, 4) is 11.5 Å². The lowest BCUT2D eigenvalue weighted by Crippen LogP contribution is -2.01. The van der Waals surface area contributed by atoms with Crippen LogP contribution in [-0.4, -0.2) is 26.5 Å². The highest BCUT2D eigenvalue weighted by atomic mass is 16.5. The summed E-state index contributed by atoms with van der Waals surface area (Å²) < 4.78 is 10.5. The predicted octanol–water partition coefficient (Wildman–Crippen LogP) is 1.40. The number of nitrogens with zero attached hydrogens (tertiary/aromatic N) is 1. The standard InChI is InChI=1S/C11H14N2O2/c1-14-8-3-4-9(11(7-8)15-2)10-5-6-12-13-10/h3-4,7,12H,5-6H2,1-2H3. The maximum atomic E-state index is 5.31. The van der Waals surface area contributed by atoms with Crippen LogP contribution in [0.4, 0.5) is 0 Å². The minimum absolute atomic E-state index is 0.794. The number of hydrazone groups is 1. The van der Waals surface area contributed by atoms with Crippen LogP contribution in [0.5, 0.6) is 11.5 Å². The first-order chi connectivity index (χ1) is 7.35. The molecule has 15 heavy (non-hydrogen) atoms. The maximum absolute atomic E-state index is 5.31. The molecule has 1 aliphatic rings. The van der Waals surface area contributed by atoms with Gasteiger partial charge in [0.15, 0.2) is 0 Å². The van der Waals surface area contributed by atoms with E-state index in [1.54, 1.807) is 14.2 Å². The Labute approximate surface area is 88.9 Å². The molecule has 4 nitrogen and oxygen atoms in total. The van der Waals surface area contributed by atoms with Crippen LogP contribution in [0.2, 0.25) is 0 Å². The number of hydrogen-bond donors (Lipinski definition) is 1. The van der Waals surface area contributed by atoms with Crippen molar-refractivity contribution >= 4 is 5.71 Å². The molecule has 80 valence electrons. The van der Waals surface area contributed by atoms with Crippen molar-refractivity contribution in [1.82, 2.24) is 5.43 Å². The minimum Gasteiger partial charge on any atom is -0.497 e. The highest BCUT2D eigenvalue weighted by molar-refractivity contribution is 6.03. The first-order valence-corrected chi connectivity index (χ1v) is 4.87. The molecule has 0 fully saturated rings. The van der Waals surface area contributed by atoms with Crippen molar-refractivity contribution < 1.29 is 9.47 Å². The van der Waals surface area contributed by atoms with Crippen LogP contribution in [0.1, 0.15) is 12.0 Å². The quantitative estimate of drug-likeness (QED) is 0.813. The first-order valence-electron chi connectivity index (χ1n) is 4.87. The van der Waals surface area contributed by atoms with E-state index < -0.39 is 0 Å². The number of hydrogen-bond acceptors (Lipinski definition) is 4. The molecule has 0 aliphatic carbocycles. The zero-order chi connectivity index (χ0) is 10.7. The Balaban J connectivity index is 2.38. The predicted molar refractivity (Wildman–Crippen MR) is 58.7 cm³/mol. The van der Waals surface area contributed by atoms with Gasteiger partial charge in [0, 0.05) is 24.6 Å². The van der Waals surface area contributed by atoms with Gasteiger partial charge in [0.05, 0.1) is 19.9 Å². The molecule has 0 spiro atoms. The van der Waals surface area contributed by atoms with Gasteiger partial charge in [-0.1, -0.05) is 0 Å². The van der Waals surface area contributed by atoms with E-state index in [9.17, 15) is 0 Å². The Morgan fingerprint density at radius 1 is 1.27 bits per heavy atom. The number of benzene rings is 1. The fourth-order valence-electron chi connectivity index (χ4n) is 1.61. The van der Waals surface area contributed by atoms with Crippen LogP contribution in [0.15, 0.2) is 23.3 Å². The number of ether oxygens (including phenoxy) is 2. The zero-order valence-electron chi connectivity index (χ0n) is 8.91. The highest BCUT2D eigenvalue weighted by Crippen LogP contribution is 2.26. The molecule has 1 aromatic carbocycles. The van der Waals surface area contributed by atoms with E-state index in [2.05, 4.69) is 10.5 Å². The molecule has 0 bridgehead atoms. The van der Waals surface area contributed by atoms with Gasteiger partial charge >= 0.3 is 0 Å². The van der Waals surface area contributed by atoms with Gasteiger partial charge in [-0.05, 0) is 12.1 Å². The van der Waals surface area contributed by atoms with Gasteiger partial charge < -0.3 is 14.9 Å². The van der Waals surface area contributed by atoms with Crippen LogP contribution < -0.4 is 14.9 Å². The molecule has 2 rings (SSSR count). The summed E-state index contributed by atoms with van der Waals surface area (Å²) in [5, 5.41) is 4.22. The number of nitrogens with one attached hydrogen (secondary N) is 1. The van der Waals surface area contributed by atoms with E-state index in [1.165, 1.54) is 0 Å². The van der Waals surface area contributed by atoms with E-state index in [0.717, 1.165) is 35.7 Å². The third-order valence-electron chi connectivity index (χ3n) is 2.41. The van der Waals surface area contributed by atoms with Crippen molar-refractivity contribution in [2.45, 2.75) is 6.42 Å². The third-order valence-corrected chi connectivity index (χ3v) is 2.41. The molecular formula is C11H14N2O2. The molecule has 0 atom stereocenters. The molecule has 0 unspecified atom stereocenters. The Morgan fingerprint density at radius 2 is 2.13 bits per heavy atom. The summed E-state index contributed by atoms with van der Waals surface area (Å²) in [5.74, 6) is 1.60. The molecular weight excluding hydrogens is 192 g/mol. The normalized spacial score (nSPS) is 14.4. The summed E-state index contributed by atoms with van der Waals surface area (Å²) in [5.41, 5.74) is 5.02. The molecule has 1 aliphatic heterocycles. The Morgan fingerprint density at radius 3 is 2.73 bits per heavy atom. The zero-order valence-corrected chi connectivity index (χ0v) is 8.91. The van der Waals surface area contributed by atoms with Crippen LogP contribution >= 0.6 is 0 Å². The van der Waals surface area contributed by atoms with E-state index in [1.807, 2.05) is 18.2 Å². The fourth-order valence-corrected chi connectivity index (χ4v) is 1.61. The molecule has 1 aromatic rings. The second-order valence-corrected chi connectivity index (χ2v) is 3.28. The van der Waals surface area contributed by atoms with Gasteiger partial charge in [0.25, 0.3) is 0 Å². The summed E-state index contributed by atoms with van der Waals surface area (Å²) in [4.78, 5) is 0. The smallest absolute Gasteiger partial charge is 0.131 e. The summed E-state index contributed by atoms with van der Waals surface area (Å²) in [6, 6.07) is 5.76. The number of methoxy groups -OCH3 is 2. The van der Waals surface area contributed by atoms with E-state index in [4.69, 9.17) is 9.47 Å². The monoisotopic (exact) mass is 206 g/mol. The van der Waals surface area contributed by atoms with E-state index in [0.29, 0.717) is 0 Å². The molecule has 0 radical (unpaired) electrons. The summed E-state index contributed by atoms with van der Waals surface area (Å²) in [6.45, 7) is 0.893. The van der Waals surface area contributed by atoms with Crippen molar-refractivity contribution in [3.05, 3.63) is 23.8 Å². The SMILES string of the molecule is COc1ccc(C2=NNCC2)c(OC)c1. The van der Waals surface area contributed by atoms with Gasteiger partial charge in [-0.3, -0.25) is 0 Å². The second-order valence-electron chi connectivity index (χ2n) is 3.28. The number of rotatable bonds is 3. The van der Waals surface area contributed by atoms with Gasteiger partial charge in [-0.15, -0.1) is 0 Å². The van der Waals surface area contributed by atoms with Crippen LogP contribution in [-0.2, 0) is 0 Å². The van der Waals surface area contributed by atoms with Gasteiger partial charge in [0.1, 0.15) is 11.5 Å². The van der Waals surface area contributed by atoms with Gasteiger partial charge in [0.2, 0.25) is 0 Å². The summed E-state index contributed by atoms with van der Waals surface area (Å²) in [6.07, 6.45) is 0.933. The fraction of sp³-hybridized carbons (Fsp3) is 0.364. The molecule has 1 N–H and O–H groups in total. The lowest BCUT2D eigenvalue weighted by molar-refractivity contribution is 0.394. The topological polar surface area (TPSA) is 42.8 Å². The van der Waals surface area contributed by atoms with Crippen molar-refractivity contribution in [2.75, 3.05) is 20.8 Å². The van der Waals surface area contributed by atoms with Crippen LogP contribution in [0, 0.1) is 0 Å². The summed E-state index contributed by atoms with van der Waals surface area (Å²) in [7, 11) is 3.30. The Kier molecular flexibility index (Phi) is 2.76. The third kappa shape index (κ3) is 1.88. The van der Waals surface area contributed by atoms with Crippen molar-refractivity contribution in [2.24, 2.45) is 5.10 Å². The first kappa shape index (κ1) is 9.83. The van der Waals surface area contributed by atoms with Crippen molar-refractivity contribution in [3.63, 3.8) is 0 Å². The highest BCUT2D eigenvalue weighted by Gasteiger charge is 2.14. The molecule has 0 amide bonds. The van der Waals surface area contributed by atoms with Crippen LogP contribution in [0.25, 0.3) is 0 Å². The summed E-state index contributed by atoms with van der Waals surface area (Å²) >= 11 is 0. The average Bonchev–Trinajstić information content (AvgIpc) is 2.81. The van der Waals surface area contributed by atoms with E-state index in [-0.39, 0.29) is 0 Å². The molecule has 4 heteroatoms. The lowest BCUT2D eigenvalue weighted by Gasteiger charge is -2.09. The van der Waals surface area contributed by atoms with Crippen LogP contribution in [0.3, 0.4) is 0 Å². The lowest BCUT2D eigenvalue weighted by atomic mass is 10.1. The Bertz CT molecular complexity index is 388. The maximum Gasteiger partial charge on any atom is 0.131 e. The van der Waals surface area contributed by atoms with Gasteiger partial charge in [-0.2, -0.15) is 5.10 Å². The largest absolute Gasteiger partial charge is 0.497 e. The second kappa shape index (κ2) is 4.21. The average molecular weight is 206 g/mol. The van der Waals surface area contributed by atoms with E-state index >= 15 is 0 Å². The van der Waals surface area contributed by atoms with Gasteiger partial charge in [-0.25, -0.2) is 0 Å². The van der Waals surface area contributed by atoms with Crippen molar-refractivity contribution in [1.29, 1.82) is 0 Å².